The number of para-hydroxylation sites is 1. The van der Waals surface area contributed by atoms with Gasteiger partial charge in [-0.15, -0.1) is 11.3 Å². The van der Waals surface area contributed by atoms with Gasteiger partial charge in [0, 0.05) is 38.8 Å². The molecule has 2 heterocycles. The Labute approximate surface area is 774 Å². The van der Waals surface area contributed by atoms with E-state index in [1.807, 2.05) is 6.26 Å². The normalized spacial score (nSPS) is 13.7. The monoisotopic (exact) mass is 1950 g/mol. The summed E-state index contributed by atoms with van der Waals surface area (Å²) in [5.41, 5.74) is 33.9. The maximum Gasteiger partial charge on any atom is 5.00 e. The molecule has 30 N–H and O–H groups in total. The number of benzene rings is 1. The van der Waals surface area contributed by atoms with Crippen molar-refractivity contribution in [2.75, 3.05) is 57.0 Å². The van der Waals surface area contributed by atoms with Gasteiger partial charge in [0.1, 0.15) is 66.5 Å². The van der Waals surface area contributed by atoms with Crippen LogP contribution in [-0.4, -0.2) is 259 Å². The van der Waals surface area contributed by atoms with Gasteiger partial charge >= 0.3 is 20.1 Å². The van der Waals surface area contributed by atoms with Crippen LogP contribution in [-0.2, 0) is 147 Å². The van der Waals surface area contributed by atoms with Gasteiger partial charge in [-0.2, -0.15) is 18.0 Å². The maximum atomic E-state index is 14.6. The van der Waals surface area contributed by atoms with E-state index in [-0.39, 0.29) is 133 Å². The summed E-state index contributed by atoms with van der Waals surface area (Å²) in [6, 6.07) is -10.6. The smallest absolute Gasteiger partial charge is 2.00 e. The van der Waals surface area contributed by atoms with Crippen LogP contribution in [0.2, 0.25) is 0 Å². The van der Waals surface area contributed by atoms with Gasteiger partial charge < -0.3 is 158 Å². The van der Waals surface area contributed by atoms with Gasteiger partial charge in [0.05, 0.1) is 38.6 Å². The first-order chi connectivity index (χ1) is 60.4. The number of nitrogens with zero attached hydrogens (tertiary/aromatic N) is 3. The number of carbonyl (C=O) groups is 20. The number of guanidine groups is 1. The molecule has 720 valence electrons. The number of fused-ring (bicyclic) bond motifs is 1. The maximum absolute atomic E-state index is 14.6. The van der Waals surface area contributed by atoms with Gasteiger partial charge in [0.25, 0.3) is 0 Å². The van der Waals surface area contributed by atoms with E-state index in [2.05, 4.69) is 105 Å². The number of amides is 20. The average molecular weight is 1950 g/mol. The molecule has 12 atom stereocenters. The van der Waals surface area contributed by atoms with Crippen molar-refractivity contribution in [1.82, 2.24) is 105 Å². The summed E-state index contributed by atoms with van der Waals surface area (Å²) in [5, 5.41) is 50.5. The van der Waals surface area contributed by atoms with Crippen molar-refractivity contribution in [2.45, 2.75) is 224 Å². The number of thioether (sulfide) groups is 1. The number of rotatable bonds is 62. The molecule has 1 aromatic carbocycles. The van der Waals surface area contributed by atoms with Gasteiger partial charge in [-0.1, -0.05) is 96.0 Å². The Morgan fingerprint density at radius 1 is 0.446 bits per heavy atom. The van der Waals surface area contributed by atoms with E-state index in [1.54, 1.807) is 65.8 Å². The van der Waals surface area contributed by atoms with Crippen LogP contribution in [0.25, 0.3) is 10.9 Å². The molecular formula is C79H124N27O21S2Tc. The molecule has 48 nitrogen and oxygen atoms in total. The number of nitrogens with two attached hydrogens (primary N) is 6. The number of carbonyl (C=O) groups excluding carboxylic acids is 20. The molecule has 0 radical (unpaired) electrons. The quantitative estimate of drug-likeness (QED) is 0.0108. The molecule has 1 unspecified atom stereocenters. The number of hydrogen-bond donors (Lipinski definition) is 24. The van der Waals surface area contributed by atoms with E-state index in [0.717, 1.165) is 0 Å². The van der Waals surface area contributed by atoms with Gasteiger partial charge in [-0.25, -0.2) is 0 Å². The number of imidazole rings is 1. The third kappa shape index (κ3) is 45.3. The molecular weight excluding hydrogens is 1830 g/mol. The first kappa shape index (κ1) is 116. The minimum Gasteiger partial charge on any atom is -2.00 e. The van der Waals surface area contributed by atoms with E-state index < -0.39 is 248 Å². The summed E-state index contributed by atoms with van der Waals surface area (Å²) in [5.74, 6) is -19.2. The first-order valence-electron chi connectivity index (χ1n) is 41.6. The van der Waals surface area contributed by atoms with Gasteiger partial charge in [-0.05, 0) is 106 Å². The van der Waals surface area contributed by atoms with Crippen molar-refractivity contribution < 1.29 is 121 Å². The largest absolute Gasteiger partial charge is 5.00 e. The Morgan fingerprint density at radius 3 is 1.45 bits per heavy atom. The number of aromatic nitrogens is 3. The Bertz CT molecular complexity index is 4310. The predicted octanol–water partition coefficient (Wildman–Crippen LogP) is -9.16. The third-order valence-corrected chi connectivity index (χ3v) is 20.2. The Morgan fingerprint density at radius 2 is 0.915 bits per heavy atom. The molecule has 0 fully saturated rings. The van der Waals surface area contributed by atoms with Crippen LogP contribution in [0.15, 0.2) is 43.0 Å². The third-order valence-electron chi connectivity index (χ3n) is 19.2. The molecule has 51 heteroatoms. The molecule has 0 spiro atoms. The van der Waals surface area contributed by atoms with Crippen molar-refractivity contribution in [3.05, 3.63) is 54.2 Å². The zero-order valence-electron chi connectivity index (χ0n) is 73.7. The summed E-state index contributed by atoms with van der Waals surface area (Å²) in [4.78, 5) is 280. The standard InChI is InChI=1S/C79H126N27O20S2.O.Tc/c1-40(2)27-52(103-71(119)49(17-14-25-89-79(85)86)101-72(120)50(19-21-58(81)107)96-61(110)18-10-9-13-24-88-70(118)57(38-127)99-63(112)35-91-62(111)32-80)69(117)92-36-64(113)98-56(31-60(83)109)77(125)102-51(20-22-59(82)108)73(121)105-54(29-44-33-90-47-16-12-11-15-46(44)47)74(122)95-43(7)68(116)106-66(42(5)6)78(126)93-37-65(114)97-55(30-45-34-87-39-94-45)76(124)104-53(28-41(3)4)75(123)100-48(67(84)115)23-26-128-8;;/h11-12,15-16,33-34,39-43,48-57,66H,9-10,13-14,17-32,35-38,80H2,1-8H3,(H30,81,82,83,84,85,86,87,88,89,91,92,93,94,95,96,97,98,99,100,101,102,103,104,105,106,107,108,109,110,111,112,113,114,115,116,117,118,119,120,121,122,123,124,125,126,127);;/q-1;-2;+5/p-2/t43-,48-,49-,50-,51-,52-,53-,54-,55-,56-,57?,66-;;/m0../s1/i;;1+1. The fourth-order valence-electron chi connectivity index (χ4n) is 12.5. The molecule has 2 aromatic heterocycles. The van der Waals surface area contributed by atoms with Crippen molar-refractivity contribution >= 4 is 159 Å². The van der Waals surface area contributed by atoms with Gasteiger partial charge in [-0.3, -0.25) is 101 Å². The number of nitrogens with one attached hydrogen (secondary N) is 18. The molecule has 0 aliphatic heterocycles. The molecule has 130 heavy (non-hydrogen) atoms. The predicted molar refractivity (Wildman–Crippen MR) is 469 cm³/mol. The van der Waals surface area contributed by atoms with Crippen molar-refractivity contribution in [3.8, 4) is 0 Å². The number of unbranched alkanes of at least 4 members (excludes halogenated alkanes) is 2. The Balaban J connectivity index is 0.0000422. The minimum atomic E-state index is -1.92. The second-order valence-electron chi connectivity index (χ2n) is 31.3. The van der Waals surface area contributed by atoms with Crippen LogP contribution >= 0.6 is 11.8 Å². The number of hydrogen-bond acceptors (Lipinski definition) is 25. The van der Waals surface area contributed by atoms with Gasteiger partial charge in [0.2, 0.25) is 118 Å². The molecule has 0 bridgehead atoms. The minimum absolute atomic E-state index is 0. The van der Waals surface area contributed by atoms with Crippen LogP contribution in [0.5, 0.6) is 0 Å². The fraction of sp³-hybridized carbons (Fsp3) is 0.595. The molecule has 20 amide bonds. The van der Waals surface area contributed by atoms with Crippen LogP contribution in [0.1, 0.15) is 150 Å². The Kier molecular flexibility index (Phi) is 54.8. The molecule has 0 aliphatic carbocycles. The second kappa shape index (κ2) is 61.4. The fourth-order valence-corrected chi connectivity index (χ4v) is 13.2. The summed E-state index contributed by atoms with van der Waals surface area (Å²) in [6.45, 7) is 9.02. The number of primary amides is 4. The van der Waals surface area contributed by atoms with Crippen LogP contribution in [0.3, 0.4) is 0 Å². The molecule has 0 aliphatic rings. The van der Waals surface area contributed by atoms with Crippen LogP contribution in [0.4, 0.5) is 0 Å². The summed E-state index contributed by atoms with van der Waals surface area (Å²) < 4.78 is 0. The first-order valence-corrected chi connectivity index (χ1v) is 43.5. The van der Waals surface area contributed by atoms with E-state index >= 15 is 0 Å². The molecule has 0 saturated heterocycles. The second-order valence-corrected chi connectivity index (χ2v) is 32.6. The van der Waals surface area contributed by atoms with Crippen molar-refractivity contribution in [3.63, 3.8) is 0 Å². The average Bonchev–Trinajstić information content (AvgIpc) is 1.68. The van der Waals surface area contributed by atoms with E-state index in [1.165, 1.54) is 37.4 Å². The molecule has 3 aromatic rings. The van der Waals surface area contributed by atoms with Crippen molar-refractivity contribution in [1.29, 1.82) is 5.41 Å². The van der Waals surface area contributed by atoms with Gasteiger partial charge in [0.15, 0.2) is 5.96 Å². The van der Waals surface area contributed by atoms with Crippen molar-refractivity contribution in [2.24, 2.45) is 52.2 Å². The van der Waals surface area contributed by atoms with Crippen LogP contribution in [0, 0.1) is 23.2 Å². The molecule has 3 rings (SSSR count). The Hall–Kier alpha value is -12.1. The topological polar surface area (TPSA) is 795 Å². The SMILES string of the molecule is CSCC[C@H](NC(=O)[C@H](CC(C)C)NC(=O)[C@H](Cc1cnc[n-]1)NC(=O)CNC(=O)[C@@H](NC(=O)[C@H](C)NC(=O)[C@H](Cc1c[n-]c2ccccc12)NC(=O)[C@H](CCC(N)=O)NC(=O)[C@H](CC(N)=O)NC(=O)CNC(=O)[C@H](CC(C)C)NC(=O)[C@H](CCCNC(=N)N)NC(=O)[C@H](CCC(N)=O)NC(=O)CCCCCNC(=O)C(C[S-])NC(=O)CNC(=O)CN)C(C)C)C(N)=O.[99Tc+5].[O-2]. The summed E-state index contributed by atoms with van der Waals surface area (Å²) in [6.07, 6.45) is 3.39. The van der Waals surface area contributed by atoms with E-state index in [9.17, 15) is 95.9 Å². The van der Waals surface area contributed by atoms with E-state index in [0.29, 0.717) is 35.1 Å². The van der Waals surface area contributed by atoms with Crippen LogP contribution < -0.4 is 135 Å². The van der Waals surface area contributed by atoms with E-state index in [4.69, 9.17) is 52.4 Å². The molecule has 0 saturated carbocycles. The zero-order valence-corrected chi connectivity index (χ0v) is 77.2. The summed E-state index contributed by atoms with van der Waals surface area (Å²) >= 11 is 6.42. The summed E-state index contributed by atoms with van der Waals surface area (Å²) in [7, 11) is 0. The zero-order chi connectivity index (χ0) is 95.9.